The minimum atomic E-state index is -0.118. The van der Waals surface area contributed by atoms with Crippen LogP contribution in [-0.4, -0.2) is 24.7 Å². The maximum atomic E-state index is 8.80. The van der Waals surface area contributed by atoms with Crippen LogP contribution in [0.5, 0.6) is 0 Å². The molecule has 62 valence electrons. The number of H-pyrrole nitrogens is 1. The highest BCUT2D eigenvalue weighted by atomic mass is 32.1. The van der Waals surface area contributed by atoms with Gasteiger partial charge in [0, 0.05) is 0 Å². The summed E-state index contributed by atoms with van der Waals surface area (Å²) in [5.74, 6) is 0.478. The van der Waals surface area contributed by atoms with Crippen LogP contribution in [0.1, 0.15) is 5.69 Å². The van der Waals surface area contributed by atoms with Gasteiger partial charge in [-0.05, 0) is 6.07 Å². The van der Waals surface area contributed by atoms with Gasteiger partial charge >= 0.3 is 0 Å². The van der Waals surface area contributed by atoms with Crippen LogP contribution in [0, 0.1) is 4.64 Å². The van der Waals surface area contributed by atoms with E-state index in [1.165, 1.54) is 6.33 Å². The fourth-order valence-corrected chi connectivity index (χ4v) is 1.22. The van der Waals surface area contributed by atoms with Gasteiger partial charge in [-0.15, -0.1) is 0 Å². The first kappa shape index (κ1) is 7.38. The largest absolute Gasteiger partial charge is 0.390 e. The van der Waals surface area contributed by atoms with E-state index in [0.717, 1.165) is 0 Å². The van der Waals surface area contributed by atoms with Crippen molar-refractivity contribution in [3.8, 4) is 0 Å². The zero-order valence-electron chi connectivity index (χ0n) is 6.06. The summed E-state index contributed by atoms with van der Waals surface area (Å²) >= 11 is 5.00. The topological polar surface area (TPSA) is 66.2 Å². The van der Waals surface area contributed by atoms with E-state index in [-0.39, 0.29) is 6.61 Å². The Kier molecular flexibility index (Phi) is 1.63. The Bertz CT molecular complexity index is 460. The molecule has 0 radical (unpaired) electrons. The maximum Gasteiger partial charge on any atom is 0.251 e. The summed E-state index contributed by atoms with van der Waals surface area (Å²) < 4.78 is 2.12. The summed E-state index contributed by atoms with van der Waals surface area (Å²) in [6.07, 6.45) is 1.50. The smallest absolute Gasteiger partial charge is 0.251 e. The lowest BCUT2D eigenvalue weighted by Gasteiger charge is -1.95. The van der Waals surface area contributed by atoms with E-state index < -0.39 is 0 Å². The third-order valence-corrected chi connectivity index (χ3v) is 1.78. The van der Waals surface area contributed by atoms with Crippen molar-refractivity contribution in [1.29, 1.82) is 0 Å². The summed E-state index contributed by atoms with van der Waals surface area (Å²) in [4.78, 5) is 7.93. The first-order valence-electron chi connectivity index (χ1n) is 3.34. The minimum absolute atomic E-state index is 0.118. The average Bonchev–Trinajstić information content (AvgIpc) is 2.52. The molecule has 0 unspecified atom stereocenters. The molecular weight excluding hydrogens is 176 g/mol. The molecule has 0 saturated carbocycles. The molecule has 0 amide bonds. The number of fused-ring (bicyclic) bond motifs is 1. The first-order chi connectivity index (χ1) is 5.81. The molecule has 2 heterocycles. The molecule has 0 fully saturated rings. The Hall–Kier alpha value is -1.27. The SMILES string of the molecule is OCc1cc(=S)n2[nH]cnc2n1. The van der Waals surface area contributed by atoms with E-state index in [1.54, 1.807) is 10.6 Å². The third kappa shape index (κ3) is 1.01. The van der Waals surface area contributed by atoms with Crippen molar-refractivity contribution in [2.24, 2.45) is 0 Å². The number of aromatic amines is 1. The van der Waals surface area contributed by atoms with Gasteiger partial charge < -0.3 is 5.11 Å². The fraction of sp³-hybridized carbons (Fsp3) is 0.167. The van der Waals surface area contributed by atoms with Crippen molar-refractivity contribution in [2.75, 3.05) is 0 Å². The average molecular weight is 182 g/mol. The molecule has 5 nitrogen and oxygen atoms in total. The van der Waals surface area contributed by atoms with Gasteiger partial charge in [-0.2, -0.15) is 0 Å². The molecule has 0 aliphatic carbocycles. The number of aromatic nitrogens is 4. The standard InChI is InChI=1S/C6H6N4OS/c11-2-4-1-5(12)10-6(9-4)7-3-8-10/h1,3,11H,2H2,(H,7,8,9). The summed E-state index contributed by atoms with van der Waals surface area (Å²) in [6, 6.07) is 1.63. The molecule has 0 aliphatic rings. The number of aliphatic hydroxyl groups excluding tert-OH is 1. The predicted octanol–water partition coefficient (Wildman–Crippen LogP) is 0.279. The lowest BCUT2D eigenvalue weighted by atomic mass is 10.4. The minimum Gasteiger partial charge on any atom is -0.390 e. The Morgan fingerprint density at radius 3 is 3.25 bits per heavy atom. The van der Waals surface area contributed by atoms with Crippen molar-refractivity contribution in [3.63, 3.8) is 0 Å². The number of nitrogens with one attached hydrogen (secondary N) is 1. The lowest BCUT2D eigenvalue weighted by Crippen LogP contribution is -1.97. The second-order valence-corrected chi connectivity index (χ2v) is 2.68. The molecule has 0 atom stereocenters. The van der Waals surface area contributed by atoms with Crippen molar-refractivity contribution in [2.45, 2.75) is 6.61 Å². The monoisotopic (exact) mass is 182 g/mol. The Balaban J connectivity index is 2.84. The van der Waals surface area contributed by atoms with Gasteiger partial charge in [0.2, 0.25) is 0 Å². The van der Waals surface area contributed by atoms with E-state index in [4.69, 9.17) is 17.3 Å². The van der Waals surface area contributed by atoms with Crippen molar-refractivity contribution in [3.05, 3.63) is 22.7 Å². The van der Waals surface area contributed by atoms with Gasteiger partial charge in [-0.3, -0.25) is 5.10 Å². The number of aliphatic hydroxyl groups is 1. The summed E-state index contributed by atoms with van der Waals surface area (Å²) in [5, 5.41) is 11.6. The van der Waals surface area contributed by atoms with E-state index in [2.05, 4.69) is 15.1 Å². The van der Waals surface area contributed by atoms with Crippen LogP contribution in [0.4, 0.5) is 0 Å². The first-order valence-corrected chi connectivity index (χ1v) is 3.75. The number of nitrogens with zero attached hydrogens (tertiary/aromatic N) is 3. The van der Waals surface area contributed by atoms with E-state index in [9.17, 15) is 0 Å². The highest BCUT2D eigenvalue weighted by Gasteiger charge is 1.99. The molecule has 12 heavy (non-hydrogen) atoms. The van der Waals surface area contributed by atoms with Gasteiger partial charge in [-0.25, -0.2) is 14.5 Å². The van der Waals surface area contributed by atoms with Crippen molar-refractivity contribution < 1.29 is 5.11 Å². The van der Waals surface area contributed by atoms with Crippen LogP contribution >= 0.6 is 12.2 Å². The second-order valence-electron chi connectivity index (χ2n) is 2.27. The zero-order chi connectivity index (χ0) is 8.55. The molecular formula is C6H6N4OS. The molecule has 0 aromatic carbocycles. The molecule has 0 bridgehead atoms. The molecule has 2 rings (SSSR count). The van der Waals surface area contributed by atoms with Crippen LogP contribution in [0.15, 0.2) is 12.4 Å². The quantitative estimate of drug-likeness (QED) is 0.622. The highest BCUT2D eigenvalue weighted by molar-refractivity contribution is 7.71. The maximum absolute atomic E-state index is 8.80. The van der Waals surface area contributed by atoms with Crippen LogP contribution in [0.3, 0.4) is 0 Å². The van der Waals surface area contributed by atoms with Crippen LogP contribution < -0.4 is 0 Å². The van der Waals surface area contributed by atoms with E-state index in [1.807, 2.05) is 0 Å². The summed E-state index contributed by atoms with van der Waals surface area (Å²) in [7, 11) is 0. The van der Waals surface area contributed by atoms with Gasteiger partial charge in [0.15, 0.2) is 0 Å². The van der Waals surface area contributed by atoms with Gasteiger partial charge in [0.05, 0.1) is 12.3 Å². The molecule has 2 aromatic heterocycles. The molecule has 6 heteroatoms. The van der Waals surface area contributed by atoms with E-state index >= 15 is 0 Å². The molecule has 0 aliphatic heterocycles. The molecule has 0 saturated heterocycles. The van der Waals surface area contributed by atoms with Gasteiger partial charge in [-0.1, -0.05) is 12.2 Å². The zero-order valence-corrected chi connectivity index (χ0v) is 6.88. The van der Waals surface area contributed by atoms with Gasteiger partial charge in [0.1, 0.15) is 11.0 Å². The van der Waals surface area contributed by atoms with E-state index in [0.29, 0.717) is 16.1 Å². The Morgan fingerprint density at radius 2 is 2.50 bits per heavy atom. The normalized spacial score (nSPS) is 10.8. The number of hydrogen-bond acceptors (Lipinski definition) is 4. The molecule has 2 aromatic rings. The summed E-state index contributed by atoms with van der Waals surface area (Å²) in [5.41, 5.74) is 0.534. The fourth-order valence-electron chi connectivity index (χ4n) is 0.950. The van der Waals surface area contributed by atoms with Crippen LogP contribution in [-0.2, 0) is 6.61 Å². The third-order valence-electron chi connectivity index (χ3n) is 1.48. The van der Waals surface area contributed by atoms with Crippen LogP contribution in [0.2, 0.25) is 0 Å². The summed E-state index contributed by atoms with van der Waals surface area (Å²) in [6.45, 7) is -0.118. The van der Waals surface area contributed by atoms with Crippen LogP contribution in [0.25, 0.3) is 5.78 Å². The van der Waals surface area contributed by atoms with Gasteiger partial charge in [0.25, 0.3) is 5.78 Å². The number of hydrogen-bond donors (Lipinski definition) is 2. The highest BCUT2D eigenvalue weighted by Crippen LogP contribution is 2.00. The Labute approximate surface area is 72.7 Å². The lowest BCUT2D eigenvalue weighted by molar-refractivity contribution is 0.277. The second kappa shape index (κ2) is 2.65. The number of rotatable bonds is 1. The van der Waals surface area contributed by atoms with Crippen molar-refractivity contribution >= 4 is 18.0 Å². The molecule has 2 N–H and O–H groups in total. The van der Waals surface area contributed by atoms with Crippen molar-refractivity contribution in [1.82, 2.24) is 19.6 Å². The Morgan fingerprint density at radius 1 is 1.67 bits per heavy atom. The molecule has 0 spiro atoms. The predicted molar refractivity (Wildman–Crippen MR) is 44.1 cm³/mol.